The topological polar surface area (TPSA) is 136 Å². The highest BCUT2D eigenvalue weighted by Crippen LogP contribution is 2.09. The van der Waals surface area contributed by atoms with Crippen molar-refractivity contribution < 1.29 is 19.5 Å². The number of carboxylic acid groups (broad SMARTS) is 1. The Bertz CT molecular complexity index is 320. The standard InChI is InChI=1S/C12H23N3O4/c1-8(6-7-13)2-5-11(17)15-9(12(18)19)3-4-10(14)16/h8-9H,2-7,13H2,1H3,(H2,14,16)(H,15,17)(H,18,19). The fraction of sp³-hybridized carbons (Fsp3) is 0.750. The van der Waals surface area contributed by atoms with Crippen LogP contribution in [-0.2, 0) is 14.4 Å². The van der Waals surface area contributed by atoms with Crippen molar-refractivity contribution in [3.05, 3.63) is 0 Å². The highest BCUT2D eigenvalue weighted by Gasteiger charge is 2.20. The number of hydrogen-bond donors (Lipinski definition) is 4. The Kier molecular flexibility index (Phi) is 8.52. The maximum Gasteiger partial charge on any atom is 0.326 e. The summed E-state index contributed by atoms with van der Waals surface area (Å²) in [6.07, 6.45) is 1.68. The van der Waals surface area contributed by atoms with Crippen LogP contribution in [0.25, 0.3) is 0 Å². The average molecular weight is 273 g/mol. The summed E-state index contributed by atoms with van der Waals surface area (Å²) in [7, 11) is 0. The first-order valence-electron chi connectivity index (χ1n) is 6.37. The first kappa shape index (κ1) is 17.4. The number of primary amides is 1. The molecule has 7 heteroatoms. The van der Waals surface area contributed by atoms with Crippen LogP contribution in [0.4, 0.5) is 0 Å². The maximum absolute atomic E-state index is 11.6. The van der Waals surface area contributed by atoms with E-state index in [1.807, 2.05) is 6.92 Å². The van der Waals surface area contributed by atoms with Gasteiger partial charge in [-0.05, 0) is 31.7 Å². The number of carboxylic acids is 1. The van der Waals surface area contributed by atoms with Crippen molar-refractivity contribution in [3.63, 3.8) is 0 Å². The van der Waals surface area contributed by atoms with Crippen LogP contribution < -0.4 is 16.8 Å². The summed E-state index contributed by atoms with van der Waals surface area (Å²) in [6, 6.07) is -1.06. The van der Waals surface area contributed by atoms with Gasteiger partial charge in [-0.15, -0.1) is 0 Å². The van der Waals surface area contributed by atoms with Crippen molar-refractivity contribution in [1.29, 1.82) is 0 Å². The molecule has 0 aromatic heterocycles. The maximum atomic E-state index is 11.6. The molecular weight excluding hydrogens is 250 g/mol. The van der Waals surface area contributed by atoms with E-state index in [4.69, 9.17) is 16.6 Å². The lowest BCUT2D eigenvalue weighted by Crippen LogP contribution is -2.41. The molecule has 0 radical (unpaired) electrons. The molecule has 0 saturated heterocycles. The van der Waals surface area contributed by atoms with Gasteiger partial charge in [0.15, 0.2) is 0 Å². The van der Waals surface area contributed by atoms with Crippen LogP contribution in [0.15, 0.2) is 0 Å². The van der Waals surface area contributed by atoms with E-state index in [2.05, 4.69) is 5.32 Å². The predicted molar refractivity (Wildman–Crippen MR) is 70.1 cm³/mol. The number of nitrogens with two attached hydrogens (primary N) is 2. The number of aliphatic carboxylic acids is 1. The third kappa shape index (κ3) is 9.01. The van der Waals surface area contributed by atoms with Gasteiger partial charge in [0.25, 0.3) is 0 Å². The third-order valence-electron chi connectivity index (χ3n) is 2.84. The van der Waals surface area contributed by atoms with Crippen LogP contribution >= 0.6 is 0 Å². The number of carbonyl (C=O) groups excluding carboxylic acids is 2. The van der Waals surface area contributed by atoms with Crippen LogP contribution in [0, 0.1) is 5.92 Å². The molecule has 0 aliphatic rings. The second-order valence-corrected chi connectivity index (χ2v) is 4.68. The second-order valence-electron chi connectivity index (χ2n) is 4.68. The summed E-state index contributed by atoms with van der Waals surface area (Å²) in [4.78, 5) is 33.1. The smallest absolute Gasteiger partial charge is 0.326 e. The normalized spacial score (nSPS) is 13.6. The highest BCUT2D eigenvalue weighted by atomic mass is 16.4. The van der Waals surface area contributed by atoms with Crippen LogP contribution in [0.3, 0.4) is 0 Å². The zero-order chi connectivity index (χ0) is 14.8. The molecule has 0 aliphatic carbocycles. The van der Waals surface area contributed by atoms with Crippen molar-refractivity contribution in [3.8, 4) is 0 Å². The van der Waals surface area contributed by atoms with Crippen LogP contribution in [-0.4, -0.2) is 35.5 Å². The van der Waals surface area contributed by atoms with Crippen molar-refractivity contribution in [2.75, 3.05) is 6.54 Å². The van der Waals surface area contributed by atoms with Gasteiger partial charge < -0.3 is 21.9 Å². The van der Waals surface area contributed by atoms with Gasteiger partial charge in [0.05, 0.1) is 0 Å². The zero-order valence-corrected chi connectivity index (χ0v) is 11.2. The van der Waals surface area contributed by atoms with E-state index < -0.39 is 17.9 Å². The number of rotatable bonds is 10. The first-order valence-corrected chi connectivity index (χ1v) is 6.37. The van der Waals surface area contributed by atoms with Crippen molar-refractivity contribution >= 4 is 17.8 Å². The summed E-state index contributed by atoms with van der Waals surface area (Å²) in [5.74, 6) is -1.76. The summed E-state index contributed by atoms with van der Waals surface area (Å²) < 4.78 is 0. The molecule has 110 valence electrons. The Balaban J connectivity index is 4.10. The number of amides is 2. The van der Waals surface area contributed by atoms with Crippen LogP contribution in [0.2, 0.25) is 0 Å². The minimum Gasteiger partial charge on any atom is -0.480 e. The first-order chi connectivity index (χ1) is 8.86. The second kappa shape index (κ2) is 9.32. The monoisotopic (exact) mass is 273 g/mol. The van der Waals surface area contributed by atoms with E-state index in [9.17, 15) is 14.4 Å². The Morgan fingerprint density at radius 2 is 1.79 bits per heavy atom. The molecule has 7 nitrogen and oxygen atoms in total. The minimum atomic E-state index is -1.16. The van der Waals surface area contributed by atoms with Gasteiger partial charge in [-0.25, -0.2) is 4.79 Å². The van der Waals surface area contributed by atoms with Gasteiger partial charge in [-0.3, -0.25) is 9.59 Å². The van der Waals surface area contributed by atoms with Gasteiger partial charge in [0, 0.05) is 12.8 Å². The molecular formula is C12H23N3O4. The third-order valence-corrected chi connectivity index (χ3v) is 2.84. The van der Waals surface area contributed by atoms with E-state index in [1.54, 1.807) is 0 Å². The Hall–Kier alpha value is -1.63. The van der Waals surface area contributed by atoms with E-state index >= 15 is 0 Å². The lowest BCUT2D eigenvalue weighted by molar-refractivity contribution is -0.142. The number of nitrogens with one attached hydrogen (secondary N) is 1. The van der Waals surface area contributed by atoms with Crippen molar-refractivity contribution in [1.82, 2.24) is 5.32 Å². The fourth-order valence-electron chi connectivity index (χ4n) is 1.62. The molecule has 0 bridgehead atoms. The molecule has 2 amide bonds. The molecule has 2 atom stereocenters. The molecule has 0 saturated carbocycles. The molecule has 0 fully saturated rings. The Morgan fingerprint density at radius 1 is 1.16 bits per heavy atom. The van der Waals surface area contributed by atoms with Gasteiger partial charge >= 0.3 is 5.97 Å². The SMILES string of the molecule is CC(CCN)CCC(=O)NC(CCC(N)=O)C(=O)O. The molecule has 6 N–H and O–H groups in total. The van der Waals surface area contributed by atoms with Gasteiger partial charge in [0.1, 0.15) is 6.04 Å². The van der Waals surface area contributed by atoms with Gasteiger partial charge in [-0.2, -0.15) is 0 Å². The number of carbonyl (C=O) groups is 3. The molecule has 0 aromatic carbocycles. The summed E-state index contributed by atoms with van der Waals surface area (Å²) in [5.41, 5.74) is 10.3. The summed E-state index contributed by atoms with van der Waals surface area (Å²) in [6.45, 7) is 2.56. The summed E-state index contributed by atoms with van der Waals surface area (Å²) in [5, 5.41) is 11.3. The minimum absolute atomic E-state index is 0.00869. The molecule has 0 rings (SSSR count). The quantitative estimate of drug-likeness (QED) is 0.429. The molecule has 2 unspecified atom stereocenters. The van der Waals surface area contributed by atoms with Crippen molar-refractivity contribution in [2.24, 2.45) is 17.4 Å². The zero-order valence-electron chi connectivity index (χ0n) is 11.2. The Labute approximate surface area is 112 Å². The highest BCUT2D eigenvalue weighted by molar-refractivity contribution is 5.84. The lowest BCUT2D eigenvalue weighted by Gasteiger charge is -2.15. The number of hydrogen-bond acceptors (Lipinski definition) is 4. The van der Waals surface area contributed by atoms with Gasteiger partial charge in [-0.1, -0.05) is 6.92 Å². The molecule has 0 aliphatic heterocycles. The van der Waals surface area contributed by atoms with E-state index in [0.29, 0.717) is 18.9 Å². The van der Waals surface area contributed by atoms with E-state index in [1.165, 1.54) is 0 Å². The summed E-state index contributed by atoms with van der Waals surface area (Å²) >= 11 is 0. The molecule has 0 aromatic rings. The fourth-order valence-corrected chi connectivity index (χ4v) is 1.62. The van der Waals surface area contributed by atoms with Crippen LogP contribution in [0.1, 0.15) is 39.0 Å². The van der Waals surface area contributed by atoms with E-state index in [0.717, 1.165) is 6.42 Å². The lowest BCUT2D eigenvalue weighted by atomic mass is 10.0. The molecule has 0 heterocycles. The molecule has 19 heavy (non-hydrogen) atoms. The predicted octanol–water partition coefficient (Wildman–Crippen LogP) is -0.414. The van der Waals surface area contributed by atoms with Crippen LogP contribution in [0.5, 0.6) is 0 Å². The van der Waals surface area contributed by atoms with E-state index in [-0.39, 0.29) is 25.2 Å². The van der Waals surface area contributed by atoms with Crippen molar-refractivity contribution in [2.45, 2.75) is 45.1 Å². The average Bonchev–Trinajstić information content (AvgIpc) is 2.31. The molecule has 0 spiro atoms. The van der Waals surface area contributed by atoms with Gasteiger partial charge in [0.2, 0.25) is 11.8 Å². The Morgan fingerprint density at radius 3 is 2.26 bits per heavy atom. The largest absolute Gasteiger partial charge is 0.480 e.